The fraction of sp³-hybridized carbons (Fsp3) is 0.143. The summed E-state index contributed by atoms with van der Waals surface area (Å²) in [5, 5.41) is 1.34. The molecule has 2 aromatic rings. The zero-order valence-electron chi connectivity index (χ0n) is 9.80. The molecule has 0 aromatic heterocycles. The zero-order chi connectivity index (χ0) is 13.8. The van der Waals surface area contributed by atoms with E-state index < -0.39 is 5.82 Å². The van der Waals surface area contributed by atoms with Crippen LogP contribution in [0, 0.1) is 5.82 Å². The standard InChI is InChI=1S/C14H10BrCl2FO/c15-7-10-11(16)2-1-3-14(10)19-8-9-4-5-13(18)12(17)6-9/h1-6H,7-8H2. The lowest BCUT2D eigenvalue weighted by molar-refractivity contribution is 0.304. The minimum absolute atomic E-state index is 0.0907. The molecule has 2 rings (SSSR count). The summed E-state index contributed by atoms with van der Waals surface area (Å²) in [6.07, 6.45) is 0. The second kappa shape index (κ2) is 6.60. The van der Waals surface area contributed by atoms with Gasteiger partial charge in [-0.1, -0.05) is 51.3 Å². The van der Waals surface area contributed by atoms with Crippen molar-refractivity contribution < 1.29 is 9.13 Å². The highest BCUT2D eigenvalue weighted by molar-refractivity contribution is 9.08. The van der Waals surface area contributed by atoms with E-state index in [9.17, 15) is 4.39 Å². The van der Waals surface area contributed by atoms with Crippen LogP contribution in [-0.4, -0.2) is 0 Å². The van der Waals surface area contributed by atoms with Gasteiger partial charge in [0.2, 0.25) is 0 Å². The van der Waals surface area contributed by atoms with Crippen LogP contribution in [-0.2, 0) is 11.9 Å². The highest BCUT2D eigenvalue weighted by Gasteiger charge is 2.08. The van der Waals surface area contributed by atoms with Gasteiger partial charge in [-0.2, -0.15) is 0 Å². The predicted molar refractivity (Wildman–Crippen MR) is 79.8 cm³/mol. The van der Waals surface area contributed by atoms with Crippen molar-refractivity contribution in [1.29, 1.82) is 0 Å². The monoisotopic (exact) mass is 362 g/mol. The Balaban J connectivity index is 2.14. The van der Waals surface area contributed by atoms with Crippen LogP contribution in [0.2, 0.25) is 10.0 Å². The average molecular weight is 364 g/mol. The Morgan fingerprint density at radius 1 is 1.11 bits per heavy atom. The molecule has 5 heteroatoms. The summed E-state index contributed by atoms with van der Waals surface area (Å²) in [5.74, 6) is 0.263. The van der Waals surface area contributed by atoms with Crippen LogP contribution in [0.15, 0.2) is 36.4 Å². The summed E-state index contributed by atoms with van der Waals surface area (Å²) in [4.78, 5) is 0. The highest BCUT2D eigenvalue weighted by atomic mass is 79.9. The topological polar surface area (TPSA) is 9.23 Å². The first-order valence-electron chi connectivity index (χ1n) is 5.52. The van der Waals surface area contributed by atoms with E-state index in [4.69, 9.17) is 27.9 Å². The number of halogens is 4. The molecule has 0 aliphatic heterocycles. The second-order valence-corrected chi connectivity index (χ2v) is 5.26. The Hall–Kier alpha value is -0.770. The van der Waals surface area contributed by atoms with Gasteiger partial charge in [0, 0.05) is 15.9 Å². The van der Waals surface area contributed by atoms with Crippen molar-refractivity contribution in [2.24, 2.45) is 0 Å². The minimum atomic E-state index is -0.436. The van der Waals surface area contributed by atoms with E-state index in [0.717, 1.165) is 11.1 Å². The van der Waals surface area contributed by atoms with E-state index in [1.165, 1.54) is 6.07 Å². The summed E-state index contributed by atoms with van der Waals surface area (Å²) in [6, 6.07) is 9.98. The van der Waals surface area contributed by atoms with Gasteiger partial charge in [-0.05, 0) is 29.8 Å². The summed E-state index contributed by atoms with van der Waals surface area (Å²) in [7, 11) is 0. The first-order chi connectivity index (χ1) is 9.11. The predicted octanol–water partition coefficient (Wildman–Crippen LogP) is 5.61. The third-order valence-electron chi connectivity index (χ3n) is 2.59. The van der Waals surface area contributed by atoms with Crippen LogP contribution in [0.5, 0.6) is 5.75 Å². The number of hydrogen-bond donors (Lipinski definition) is 0. The van der Waals surface area contributed by atoms with Crippen molar-refractivity contribution in [3.05, 3.63) is 63.4 Å². The van der Waals surface area contributed by atoms with Crippen molar-refractivity contribution in [3.63, 3.8) is 0 Å². The van der Waals surface area contributed by atoms with E-state index in [2.05, 4.69) is 15.9 Å². The molecule has 0 saturated heterocycles. The van der Waals surface area contributed by atoms with E-state index in [1.54, 1.807) is 18.2 Å². The minimum Gasteiger partial charge on any atom is -0.489 e. The Bertz CT molecular complexity index is 590. The maximum atomic E-state index is 13.0. The van der Waals surface area contributed by atoms with Gasteiger partial charge in [0.15, 0.2) is 0 Å². The summed E-state index contributed by atoms with van der Waals surface area (Å²) < 4.78 is 18.7. The van der Waals surface area contributed by atoms with Crippen molar-refractivity contribution in [2.75, 3.05) is 0 Å². The molecule has 0 atom stereocenters. The average Bonchev–Trinajstić information content (AvgIpc) is 2.40. The molecule has 0 bridgehead atoms. The highest BCUT2D eigenvalue weighted by Crippen LogP contribution is 2.29. The molecule has 100 valence electrons. The third kappa shape index (κ3) is 3.62. The Kier molecular flexibility index (Phi) is 5.08. The molecule has 1 nitrogen and oxygen atoms in total. The Morgan fingerprint density at radius 2 is 1.89 bits per heavy atom. The third-order valence-corrected chi connectivity index (χ3v) is 3.79. The number of hydrogen-bond acceptors (Lipinski definition) is 1. The molecule has 19 heavy (non-hydrogen) atoms. The van der Waals surface area contributed by atoms with Gasteiger partial charge in [-0.25, -0.2) is 4.39 Å². The van der Waals surface area contributed by atoms with Gasteiger partial charge in [0.25, 0.3) is 0 Å². The van der Waals surface area contributed by atoms with Crippen LogP contribution in [0.1, 0.15) is 11.1 Å². The molecular weight excluding hydrogens is 354 g/mol. The maximum Gasteiger partial charge on any atom is 0.141 e. The molecule has 0 spiro atoms. The normalized spacial score (nSPS) is 10.5. The zero-order valence-corrected chi connectivity index (χ0v) is 12.9. The number of rotatable bonds is 4. The van der Waals surface area contributed by atoms with Crippen LogP contribution >= 0.6 is 39.1 Å². The molecule has 0 saturated carbocycles. The molecular formula is C14H10BrCl2FO. The summed E-state index contributed by atoms with van der Waals surface area (Å²) in [5.41, 5.74) is 1.68. The first kappa shape index (κ1) is 14.6. The van der Waals surface area contributed by atoms with E-state index in [0.29, 0.717) is 22.7 Å². The molecule has 0 aliphatic rings. The molecule has 0 unspecified atom stereocenters. The van der Waals surface area contributed by atoms with Crippen LogP contribution in [0.4, 0.5) is 4.39 Å². The number of ether oxygens (including phenoxy) is 1. The summed E-state index contributed by atoms with van der Waals surface area (Å²) >= 11 is 15.2. The van der Waals surface area contributed by atoms with Crippen molar-refractivity contribution in [3.8, 4) is 5.75 Å². The lowest BCUT2D eigenvalue weighted by Crippen LogP contribution is -1.98. The molecule has 0 amide bonds. The van der Waals surface area contributed by atoms with Gasteiger partial charge in [0.05, 0.1) is 5.02 Å². The van der Waals surface area contributed by atoms with Gasteiger partial charge in [0.1, 0.15) is 18.2 Å². The maximum absolute atomic E-state index is 13.0. The SMILES string of the molecule is Fc1ccc(COc2cccc(Cl)c2CBr)cc1Cl. The number of alkyl halides is 1. The van der Waals surface area contributed by atoms with Crippen LogP contribution in [0.3, 0.4) is 0 Å². The molecule has 0 fully saturated rings. The largest absolute Gasteiger partial charge is 0.489 e. The van der Waals surface area contributed by atoms with E-state index in [1.807, 2.05) is 12.1 Å². The van der Waals surface area contributed by atoms with Crippen molar-refractivity contribution >= 4 is 39.1 Å². The van der Waals surface area contributed by atoms with E-state index in [-0.39, 0.29) is 5.02 Å². The molecule has 0 aliphatic carbocycles. The smallest absolute Gasteiger partial charge is 0.141 e. The lowest BCUT2D eigenvalue weighted by atomic mass is 10.2. The van der Waals surface area contributed by atoms with Gasteiger partial charge in [-0.3, -0.25) is 0 Å². The quantitative estimate of drug-likeness (QED) is 0.642. The van der Waals surface area contributed by atoms with Crippen molar-refractivity contribution in [1.82, 2.24) is 0 Å². The van der Waals surface area contributed by atoms with Crippen LogP contribution in [0.25, 0.3) is 0 Å². The van der Waals surface area contributed by atoms with E-state index >= 15 is 0 Å². The van der Waals surface area contributed by atoms with Gasteiger partial charge in [-0.15, -0.1) is 0 Å². The molecule has 0 heterocycles. The second-order valence-electron chi connectivity index (χ2n) is 3.89. The first-order valence-corrected chi connectivity index (χ1v) is 7.39. The molecule has 2 aromatic carbocycles. The summed E-state index contributed by atoms with van der Waals surface area (Å²) in [6.45, 7) is 0.306. The lowest BCUT2D eigenvalue weighted by Gasteiger charge is -2.11. The van der Waals surface area contributed by atoms with Crippen molar-refractivity contribution in [2.45, 2.75) is 11.9 Å². The van der Waals surface area contributed by atoms with Gasteiger partial charge < -0.3 is 4.74 Å². The number of benzene rings is 2. The Labute approximate surface area is 129 Å². The Morgan fingerprint density at radius 3 is 2.58 bits per heavy atom. The van der Waals surface area contributed by atoms with Crippen LogP contribution < -0.4 is 4.74 Å². The molecule has 0 radical (unpaired) electrons. The fourth-order valence-corrected chi connectivity index (χ4v) is 2.77. The van der Waals surface area contributed by atoms with Gasteiger partial charge >= 0.3 is 0 Å². The fourth-order valence-electron chi connectivity index (χ4n) is 1.59. The molecule has 0 N–H and O–H groups in total.